The van der Waals surface area contributed by atoms with E-state index in [0.717, 1.165) is 5.56 Å². The van der Waals surface area contributed by atoms with E-state index < -0.39 is 49.2 Å². The molecule has 2 rings (SSSR count). The Balaban J connectivity index is 2.18. The van der Waals surface area contributed by atoms with E-state index in [1.807, 2.05) is 6.07 Å². The normalized spacial score (nSPS) is 14.7. The molecule has 0 aliphatic rings. The first-order chi connectivity index (χ1) is 17.2. The van der Waals surface area contributed by atoms with Crippen molar-refractivity contribution in [2.24, 2.45) is 5.92 Å². The van der Waals surface area contributed by atoms with Gasteiger partial charge in [0.05, 0.1) is 13.0 Å². The maximum absolute atomic E-state index is 13.5. The Labute approximate surface area is 211 Å². The molecule has 0 bridgehead atoms. The standard InChI is InChI=1S/C26H31N2O7P/c1-4-11-22(24(29)27-19(2)25(30)34-3)18-36(32,33)23(16-20-12-7-5-8-13-20)28-26(31)35-17-21-14-9-6-10-15-21/h1,5-10,12-15,19,22-23H,11,16-18H2,2-3H3,(H,27,29)(H,28,31)(H,32,33)/t19-,22+,23+/m0/s1. The number of rotatable bonds is 12. The fraction of sp³-hybridized carbons (Fsp3) is 0.346. The van der Waals surface area contributed by atoms with Crippen LogP contribution in [0.1, 0.15) is 24.5 Å². The largest absolute Gasteiger partial charge is 0.467 e. The zero-order valence-electron chi connectivity index (χ0n) is 20.3. The molecule has 1 unspecified atom stereocenters. The van der Waals surface area contributed by atoms with E-state index in [2.05, 4.69) is 21.3 Å². The van der Waals surface area contributed by atoms with Gasteiger partial charge < -0.3 is 25.0 Å². The smallest absolute Gasteiger partial charge is 0.408 e. The molecule has 0 saturated carbocycles. The van der Waals surface area contributed by atoms with E-state index in [1.54, 1.807) is 54.6 Å². The van der Waals surface area contributed by atoms with E-state index in [1.165, 1.54) is 14.0 Å². The average molecular weight is 515 g/mol. The summed E-state index contributed by atoms with van der Waals surface area (Å²) >= 11 is 0. The molecule has 9 nitrogen and oxygen atoms in total. The van der Waals surface area contributed by atoms with Crippen molar-refractivity contribution < 1.29 is 33.3 Å². The molecule has 4 atom stereocenters. The van der Waals surface area contributed by atoms with Crippen molar-refractivity contribution in [3.63, 3.8) is 0 Å². The lowest BCUT2D eigenvalue weighted by Gasteiger charge is -2.27. The van der Waals surface area contributed by atoms with Crippen molar-refractivity contribution in [3.05, 3.63) is 71.8 Å². The molecule has 0 aliphatic carbocycles. The highest BCUT2D eigenvalue weighted by atomic mass is 31.2. The molecule has 192 valence electrons. The Bertz CT molecular complexity index is 1100. The Morgan fingerprint density at radius 1 is 1.03 bits per heavy atom. The van der Waals surface area contributed by atoms with Gasteiger partial charge in [-0.3, -0.25) is 9.36 Å². The predicted molar refractivity (Wildman–Crippen MR) is 135 cm³/mol. The minimum atomic E-state index is -4.22. The molecule has 3 N–H and O–H groups in total. The lowest BCUT2D eigenvalue weighted by Crippen LogP contribution is -2.44. The van der Waals surface area contributed by atoms with E-state index in [4.69, 9.17) is 11.2 Å². The third-order valence-corrected chi connectivity index (χ3v) is 7.64. The molecule has 0 aromatic heterocycles. The van der Waals surface area contributed by atoms with Gasteiger partial charge >= 0.3 is 12.1 Å². The molecule has 2 amide bonds. The molecule has 2 aromatic carbocycles. The first kappa shape index (κ1) is 28.6. The van der Waals surface area contributed by atoms with E-state index in [-0.39, 0.29) is 19.4 Å². The summed E-state index contributed by atoms with van der Waals surface area (Å²) < 4.78 is 23.4. The van der Waals surface area contributed by atoms with Gasteiger partial charge in [0, 0.05) is 19.0 Å². The van der Waals surface area contributed by atoms with Crippen LogP contribution >= 0.6 is 7.37 Å². The molecule has 2 aromatic rings. The summed E-state index contributed by atoms with van der Waals surface area (Å²) in [7, 11) is -3.03. The summed E-state index contributed by atoms with van der Waals surface area (Å²) in [6, 6.07) is 16.9. The average Bonchev–Trinajstić information content (AvgIpc) is 2.87. The second-order valence-corrected chi connectivity index (χ2v) is 10.7. The second kappa shape index (κ2) is 14.1. The van der Waals surface area contributed by atoms with Crippen LogP contribution in [-0.4, -0.2) is 48.0 Å². The number of carbonyl (C=O) groups is 3. The molecule has 0 aliphatic heterocycles. The predicted octanol–water partition coefficient (Wildman–Crippen LogP) is 3.07. The summed E-state index contributed by atoms with van der Waals surface area (Å²) in [5.74, 6) is -1.31. The summed E-state index contributed by atoms with van der Waals surface area (Å²) in [5, 5.41) is 4.95. The maximum Gasteiger partial charge on any atom is 0.408 e. The van der Waals surface area contributed by atoms with Crippen LogP contribution in [0.2, 0.25) is 0 Å². The first-order valence-corrected chi connectivity index (χ1v) is 13.2. The van der Waals surface area contributed by atoms with Gasteiger partial charge in [-0.25, -0.2) is 9.59 Å². The third-order valence-electron chi connectivity index (χ3n) is 5.39. The number of esters is 1. The van der Waals surface area contributed by atoms with E-state index in [9.17, 15) is 23.8 Å². The summed E-state index contributed by atoms with van der Waals surface area (Å²) in [5.41, 5.74) is 1.46. The van der Waals surface area contributed by atoms with Crippen LogP contribution < -0.4 is 10.6 Å². The Hall–Kier alpha value is -3.60. The highest BCUT2D eigenvalue weighted by Gasteiger charge is 2.38. The van der Waals surface area contributed by atoms with Gasteiger partial charge in [-0.05, 0) is 18.1 Å². The van der Waals surface area contributed by atoms with Gasteiger partial charge in [-0.15, -0.1) is 12.3 Å². The first-order valence-electron chi connectivity index (χ1n) is 11.3. The number of amides is 2. The highest BCUT2D eigenvalue weighted by Crippen LogP contribution is 2.48. The number of ether oxygens (including phenoxy) is 2. The summed E-state index contributed by atoms with van der Waals surface area (Å²) in [6.07, 6.45) is 3.91. The fourth-order valence-corrected chi connectivity index (χ4v) is 5.41. The molecule has 0 radical (unpaired) electrons. The molecule has 36 heavy (non-hydrogen) atoms. The van der Waals surface area contributed by atoms with Gasteiger partial charge in [0.25, 0.3) is 0 Å². The van der Waals surface area contributed by atoms with Crippen molar-refractivity contribution in [2.45, 2.75) is 38.2 Å². The van der Waals surface area contributed by atoms with Crippen LogP contribution in [0.5, 0.6) is 0 Å². The lowest BCUT2D eigenvalue weighted by atomic mass is 10.1. The molecular weight excluding hydrogens is 483 g/mol. The van der Waals surface area contributed by atoms with Gasteiger partial charge in [-0.2, -0.15) is 0 Å². The lowest BCUT2D eigenvalue weighted by molar-refractivity contribution is -0.144. The molecule has 10 heteroatoms. The zero-order chi connectivity index (χ0) is 26.6. The Kier molecular flexibility index (Phi) is 11.2. The molecule has 0 heterocycles. The fourth-order valence-electron chi connectivity index (χ4n) is 3.43. The summed E-state index contributed by atoms with van der Waals surface area (Å²) in [6.45, 7) is 1.41. The van der Waals surface area contributed by atoms with Crippen molar-refractivity contribution in [1.29, 1.82) is 0 Å². The SMILES string of the molecule is C#CC[C@H](CP(=O)(O)[C@H](Cc1ccccc1)NC(=O)OCc1ccccc1)C(=O)N[C@@H](C)C(=O)OC. The quantitative estimate of drug-likeness (QED) is 0.225. The van der Waals surface area contributed by atoms with Gasteiger partial charge in [0.1, 0.15) is 18.4 Å². The van der Waals surface area contributed by atoms with Crippen LogP contribution in [0.15, 0.2) is 60.7 Å². The van der Waals surface area contributed by atoms with E-state index >= 15 is 0 Å². The Morgan fingerprint density at radius 2 is 1.61 bits per heavy atom. The van der Waals surface area contributed by atoms with Gasteiger partial charge in [0.2, 0.25) is 13.3 Å². The van der Waals surface area contributed by atoms with Gasteiger partial charge in [0.15, 0.2) is 0 Å². The molecule has 0 spiro atoms. The van der Waals surface area contributed by atoms with Crippen LogP contribution in [0.3, 0.4) is 0 Å². The maximum atomic E-state index is 13.5. The topological polar surface area (TPSA) is 131 Å². The van der Waals surface area contributed by atoms with Crippen molar-refractivity contribution in [2.75, 3.05) is 13.3 Å². The number of carbonyl (C=O) groups excluding carboxylic acids is 3. The Morgan fingerprint density at radius 3 is 2.17 bits per heavy atom. The van der Waals surface area contributed by atoms with Crippen molar-refractivity contribution in [3.8, 4) is 12.3 Å². The number of terminal acetylenes is 1. The number of alkyl carbamates (subject to hydrolysis) is 1. The number of benzene rings is 2. The number of methoxy groups -OCH3 is 1. The molecule has 0 fully saturated rings. The zero-order valence-corrected chi connectivity index (χ0v) is 21.1. The van der Waals surface area contributed by atoms with Crippen molar-refractivity contribution in [1.82, 2.24) is 10.6 Å². The monoisotopic (exact) mass is 514 g/mol. The highest BCUT2D eigenvalue weighted by molar-refractivity contribution is 7.58. The van der Waals surface area contributed by atoms with Crippen LogP contribution in [0.4, 0.5) is 4.79 Å². The second-order valence-electron chi connectivity index (χ2n) is 8.21. The van der Waals surface area contributed by atoms with Crippen LogP contribution in [-0.2, 0) is 36.7 Å². The number of nitrogens with one attached hydrogen (secondary N) is 2. The summed E-state index contributed by atoms with van der Waals surface area (Å²) in [4.78, 5) is 48.0. The number of hydrogen-bond donors (Lipinski definition) is 3. The van der Waals surface area contributed by atoms with Crippen LogP contribution in [0.25, 0.3) is 0 Å². The minimum absolute atomic E-state index is 0.0198. The van der Waals surface area contributed by atoms with Crippen LogP contribution in [0, 0.1) is 18.3 Å². The minimum Gasteiger partial charge on any atom is -0.467 e. The molecule has 0 saturated heterocycles. The van der Waals surface area contributed by atoms with E-state index in [0.29, 0.717) is 5.56 Å². The van der Waals surface area contributed by atoms with Crippen molar-refractivity contribution >= 4 is 25.3 Å². The number of hydrogen-bond acceptors (Lipinski definition) is 6. The molecular formula is C26H31N2O7P. The third kappa shape index (κ3) is 9.21. The van der Waals surface area contributed by atoms with Gasteiger partial charge in [-0.1, -0.05) is 60.7 Å².